The number of rotatable bonds is 9. The molecule has 10 aromatic rings. The molecular formula is C52H34N6S. The first kappa shape index (κ1) is 35.7. The van der Waals surface area contributed by atoms with Gasteiger partial charge in [0.15, 0.2) is 34.9 Å². The molecule has 7 aromatic carbocycles. The highest BCUT2D eigenvalue weighted by molar-refractivity contribution is 7.13. The zero-order chi connectivity index (χ0) is 39.4. The molecule has 0 bridgehead atoms. The highest BCUT2D eigenvalue weighted by Gasteiger charge is 2.17. The molecule has 0 aliphatic rings. The average molecular weight is 775 g/mol. The standard InChI is InChI=1S/C52H34N6S/c1-4-15-37(16-5-1)47-53-48(38-17-6-2-7-18-38)55-50(54-47)40-30-26-35(27-31-40)42-21-10-12-23-44(42)45-24-13-11-22-43(45)36-28-32-41(33-29-36)51-56-49(39-19-8-3-9-20-39)57-52(58-51)46-25-14-34-59-46/h1-34H. The van der Waals surface area contributed by atoms with Crippen molar-refractivity contribution < 1.29 is 0 Å². The molecule has 0 aliphatic heterocycles. The molecule has 6 nitrogen and oxygen atoms in total. The number of nitrogens with zero attached hydrogens (tertiary/aromatic N) is 6. The van der Waals surface area contributed by atoms with Crippen molar-refractivity contribution in [3.63, 3.8) is 0 Å². The summed E-state index contributed by atoms with van der Waals surface area (Å²) in [6.45, 7) is 0. The second kappa shape index (κ2) is 16.0. The molecule has 0 N–H and O–H groups in total. The number of thiophene rings is 1. The number of hydrogen-bond donors (Lipinski definition) is 0. The lowest BCUT2D eigenvalue weighted by Crippen LogP contribution is -2.00. The monoisotopic (exact) mass is 774 g/mol. The molecule has 3 heterocycles. The van der Waals surface area contributed by atoms with Crippen molar-refractivity contribution in [1.82, 2.24) is 29.9 Å². The SMILES string of the molecule is c1ccc(-c2nc(-c3ccccc3)nc(-c3ccc(-c4ccccc4-c4ccccc4-c4ccc(-c5nc(-c6ccccc6)nc(-c6cccs6)n5)cc4)cc3)n2)cc1. The predicted octanol–water partition coefficient (Wildman–Crippen LogP) is 13.1. The lowest BCUT2D eigenvalue weighted by atomic mass is 9.89. The maximum absolute atomic E-state index is 4.94. The van der Waals surface area contributed by atoms with Crippen LogP contribution in [0, 0.1) is 0 Å². The van der Waals surface area contributed by atoms with Gasteiger partial charge in [-0.3, -0.25) is 0 Å². The first-order chi connectivity index (χ1) is 29.2. The smallest absolute Gasteiger partial charge is 0.174 e. The van der Waals surface area contributed by atoms with E-state index in [1.807, 2.05) is 109 Å². The quantitative estimate of drug-likeness (QED) is 0.145. The Morgan fingerprint density at radius 1 is 0.220 bits per heavy atom. The van der Waals surface area contributed by atoms with Crippen molar-refractivity contribution in [3.8, 4) is 101 Å². The lowest BCUT2D eigenvalue weighted by Gasteiger charge is -2.15. The largest absolute Gasteiger partial charge is 0.208 e. The molecule has 0 radical (unpaired) electrons. The molecule has 0 saturated heterocycles. The van der Waals surface area contributed by atoms with Gasteiger partial charge in [0.1, 0.15) is 0 Å². The summed E-state index contributed by atoms with van der Waals surface area (Å²) in [5, 5.41) is 2.04. The zero-order valence-corrected chi connectivity index (χ0v) is 32.5. The third kappa shape index (κ3) is 7.46. The Hall–Kier alpha value is -7.74. The van der Waals surface area contributed by atoms with Crippen molar-refractivity contribution in [2.45, 2.75) is 0 Å². The maximum atomic E-state index is 4.94. The molecule has 0 atom stereocenters. The normalized spacial score (nSPS) is 11.1. The minimum atomic E-state index is 0.627. The van der Waals surface area contributed by atoms with Crippen LogP contribution < -0.4 is 0 Å². The van der Waals surface area contributed by atoms with Crippen molar-refractivity contribution in [2.75, 3.05) is 0 Å². The van der Waals surface area contributed by atoms with Crippen LogP contribution in [0.15, 0.2) is 206 Å². The Balaban J connectivity index is 0.985. The van der Waals surface area contributed by atoms with Gasteiger partial charge in [-0.1, -0.05) is 194 Å². The van der Waals surface area contributed by atoms with Gasteiger partial charge in [0, 0.05) is 27.8 Å². The Kier molecular flexibility index (Phi) is 9.68. The molecule has 0 fully saturated rings. The average Bonchev–Trinajstić information content (AvgIpc) is 3.88. The Bertz CT molecular complexity index is 2950. The van der Waals surface area contributed by atoms with Crippen molar-refractivity contribution >= 4 is 11.3 Å². The Morgan fingerprint density at radius 2 is 0.508 bits per heavy atom. The van der Waals surface area contributed by atoms with Crippen LogP contribution >= 0.6 is 11.3 Å². The summed E-state index contributed by atoms with van der Waals surface area (Å²) in [6.07, 6.45) is 0. The summed E-state index contributed by atoms with van der Waals surface area (Å²) in [5.74, 6) is 3.87. The third-order valence-electron chi connectivity index (χ3n) is 10.2. The molecule has 7 heteroatoms. The maximum Gasteiger partial charge on any atom is 0.174 e. The minimum Gasteiger partial charge on any atom is -0.208 e. The van der Waals surface area contributed by atoms with E-state index in [2.05, 4.69) is 97.1 Å². The summed E-state index contributed by atoms with van der Waals surface area (Å²) in [4.78, 5) is 30.4. The number of benzene rings is 7. The van der Waals surface area contributed by atoms with E-state index >= 15 is 0 Å². The second-order valence-corrected chi connectivity index (χ2v) is 14.9. The van der Waals surface area contributed by atoms with Gasteiger partial charge in [0.05, 0.1) is 4.88 Å². The van der Waals surface area contributed by atoms with Crippen LogP contribution in [0.3, 0.4) is 0 Å². The summed E-state index contributed by atoms with van der Waals surface area (Å²) < 4.78 is 0. The van der Waals surface area contributed by atoms with Crippen LogP contribution in [0.25, 0.3) is 101 Å². The van der Waals surface area contributed by atoms with E-state index in [0.717, 1.165) is 66.1 Å². The molecule has 10 rings (SSSR count). The van der Waals surface area contributed by atoms with E-state index < -0.39 is 0 Å². The van der Waals surface area contributed by atoms with Gasteiger partial charge in [-0.2, -0.15) is 0 Å². The van der Waals surface area contributed by atoms with Crippen LogP contribution in [0.2, 0.25) is 0 Å². The van der Waals surface area contributed by atoms with Crippen LogP contribution in [-0.2, 0) is 0 Å². The fourth-order valence-electron chi connectivity index (χ4n) is 7.21. The number of aromatic nitrogens is 6. The van der Waals surface area contributed by atoms with Gasteiger partial charge in [-0.15, -0.1) is 11.3 Å². The summed E-state index contributed by atoms with van der Waals surface area (Å²) in [5.41, 5.74) is 11.4. The van der Waals surface area contributed by atoms with E-state index in [-0.39, 0.29) is 0 Å². The van der Waals surface area contributed by atoms with Crippen LogP contribution in [0.1, 0.15) is 0 Å². The third-order valence-corrected chi connectivity index (χ3v) is 11.0. The van der Waals surface area contributed by atoms with Crippen molar-refractivity contribution in [2.24, 2.45) is 0 Å². The summed E-state index contributed by atoms with van der Waals surface area (Å²) in [7, 11) is 0. The van der Waals surface area contributed by atoms with E-state index in [9.17, 15) is 0 Å². The molecule has 0 unspecified atom stereocenters. The first-order valence-electron chi connectivity index (χ1n) is 19.4. The summed E-state index contributed by atoms with van der Waals surface area (Å²) in [6, 6.07) is 68.4. The fraction of sp³-hybridized carbons (Fsp3) is 0. The highest BCUT2D eigenvalue weighted by Crippen LogP contribution is 2.39. The van der Waals surface area contributed by atoms with E-state index in [4.69, 9.17) is 29.9 Å². The van der Waals surface area contributed by atoms with Gasteiger partial charge < -0.3 is 0 Å². The topological polar surface area (TPSA) is 77.3 Å². The van der Waals surface area contributed by atoms with Gasteiger partial charge in [-0.25, -0.2) is 29.9 Å². The van der Waals surface area contributed by atoms with E-state index in [1.165, 1.54) is 0 Å². The molecule has 3 aromatic heterocycles. The van der Waals surface area contributed by atoms with Gasteiger partial charge in [0.2, 0.25) is 0 Å². The fourth-order valence-corrected chi connectivity index (χ4v) is 7.87. The second-order valence-electron chi connectivity index (χ2n) is 13.9. The van der Waals surface area contributed by atoms with Gasteiger partial charge in [0.25, 0.3) is 0 Å². The Labute approximate surface area is 346 Å². The van der Waals surface area contributed by atoms with Crippen LogP contribution in [-0.4, -0.2) is 29.9 Å². The van der Waals surface area contributed by atoms with Gasteiger partial charge in [-0.05, 0) is 44.8 Å². The first-order valence-corrected chi connectivity index (χ1v) is 20.2. The van der Waals surface area contributed by atoms with E-state index in [0.29, 0.717) is 34.9 Å². The summed E-state index contributed by atoms with van der Waals surface area (Å²) >= 11 is 1.62. The molecule has 0 saturated carbocycles. The van der Waals surface area contributed by atoms with Crippen molar-refractivity contribution in [3.05, 3.63) is 206 Å². The van der Waals surface area contributed by atoms with Gasteiger partial charge >= 0.3 is 0 Å². The van der Waals surface area contributed by atoms with Crippen LogP contribution in [0.5, 0.6) is 0 Å². The Morgan fingerprint density at radius 3 is 0.847 bits per heavy atom. The van der Waals surface area contributed by atoms with Crippen molar-refractivity contribution in [1.29, 1.82) is 0 Å². The lowest BCUT2D eigenvalue weighted by molar-refractivity contribution is 1.07. The number of hydrogen-bond acceptors (Lipinski definition) is 7. The molecule has 0 amide bonds. The molecular weight excluding hydrogens is 741 g/mol. The van der Waals surface area contributed by atoms with E-state index in [1.54, 1.807) is 11.3 Å². The molecule has 0 spiro atoms. The van der Waals surface area contributed by atoms with Crippen LogP contribution in [0.4, 0.5) is 0 Å². The minimum absolute atomic E-state index is 0.627. The predicted molar refractivity (Wildman–Crippen MR) is 240 cm³/mol. The molecule has 59 heavy (non-hydrogen) atoms. The highest BCUT2D eigenvalue weighted by atomic mass is 32.1. The molecule has 278 valence electrons. The molecule has 0 aliphatic carbocycles. The zero-order valence-electron chi connectivity index (χ0n) is 31.7.